The number of halogens is 1. The maximum Gasteiger partial charge on any atom is 0.242 e. The average molecular weight is 326 g/mol. The highest BCUT2D eigenvalue weighted by atomic mass is 35.5. The first-order valence-corrected chi connectivity index (χ1v) is 8.71. The van der Waals surface area contributed by atoms with E-state index in [1.54, 1.807) is 0 Å². The molecular weight excluding hydrogens is 298 g/mol. The van der Waals surface area contributed by atoms with E-state index < -0.39 is 0 Å². The van der Waals surface area contributed by atoms with E-state index in [-0.39, 0.29) is 17.9 Å². The van der Waals surface area contributed by atoms with Gasteiger partial charge in [-0.2, -0.15) is 0 Å². The zero-order valence-electron chi connectivity index (χ0n) is 14.2. The van der Waals surface area contributed by atoms with Crippen LogP contribution < -0.4 is 4.90 Å². The van der Waals surface area contributed by atoms with Crippen LogP contribution in [0, 0.1) is 0 Å². The van der Waals surface area contributed by atoms with Crippen LogP contribution in [0.3, 0.4) is 0 Å². The summed E-state index contributed by atoms with van der Waals surface area (Å²) in [5.41, 5.74) is 3.38. The van der Waals surface area contributed by atoms with Crippen LogP contribution in [0.15, 0.2) is 18.2 Å². The van der Waals surface area contributed by atoms with E-state index >= 15 is 0 Å². The first kappa shape index (κ1) is 19.0. The van der Waals surface area contributed by atoms with Crippen molar-refractivity contribution in [1.82, 2.24) is 0 Å². The Morgan fingerprint density at radius 3 is 2.27 bits per heavy atom. The molecule has 1 unspecified atom stereocenters. The molecule has 0 spiro atoms. The smallest absolute Gasteiger partial charge is 0.242 e. The summed E-state index contributed by atoms with van der Waals surface area (Å²) in [6, 6.07) is 6.22. The topological polar surface area (TPSA) is 29.5 Å². The Morgan fingerprint density at radius 1 is 1.23 bits per heavy atom. The Hall–Kier alpha value is -1.06. The van der Waals surface area contributed by atoms with Gasteiger partial charge >= 0.3 is 0 Å². The van der Waals surface area contributed by atoms with Crippen LogP contribution in [0.1, 0.15) is 45.2 Å². The minimum atomic E-state index is -0.0655. The summed E-state index contributed by atoms with van der Waals surface area (Å²) in [6.07, 6.45) is 2.74. The number of carbonyl (C=O) groups is 1. The molecule has 0 heterocycles. The molecule has 1 atom stereocenters. The Kier molecular flexibility index (Phi) is 8.51. The molecule has 1 aromatic rings. The lowest BCUT2D eigenvalue weighted by Gasteiger charge is -2.29. The molecule has 4 heteroatoms. The monoisotopic (exact) mass is 325 g/mol. The van der Waals surface area contributed by atoms with Gasteiger partial charge in [0.15, 0.2) is 0 Å². The summed E-state index contributed by atoms with van der Waals surface area (Å²) in [6.45, 7) is 9.55. The molecule has 1 aromatic carbocycles. The fraction of sp³-hybridized carbons (Fsp3) is 0.611. The molecule has 0 radical (unpaired) electrons. The van der Waals surface area contributed by atoms with Crippen molar-refractivity contribution in [3.8, 4) is 0 Å². The van der Waals surface area contributed by atoms with Crippen molar-refractivity contribution < 1.29 is 9.53 Å². The maximum atomic E-state index is 12.4. The number of carbonyl (C=O) groups excluding carboxylic acids is 1. The highest BCUT2D eigenvalue weighted by Gasteiger charge is 2.22. The molecule has 0 fully saturated rings. The van der Waals surface area contributed by atoms with Gasteiger partial charge in [-0.1, -0.05) is 39.0 Å². The number of amides is 1. The molecule has 1 amide bonds. The van der Waals surface area contributed by atoms with Crippen molar-refractivity contribution in [2.45, 2.75) is 53.1 Å². The van der Waals surface area contributed by atoms with Gasteiger partial charge in [0.25, 0.3) is 0 Å². The van der Waals surface area contributed by atoms with Crippen LogP contribution in [0.25, 0.3) is 0 Å². The number of rotatable bonds is 9. The zero-order chi connectivity index (χ0) is 16.5. The van der Waals surface area contributed by atoms with Crippen LogP contribution in [0.2, 0.25) is 0 Å². The number of nitrogens with zero attached hydrogens (tertiary/aromatic N) is 1. The lowest BCUT2D eigenvalue weighted by molar-refractivity contribution is -0.116. The third kappa shape index (κ3) is 4.99. The Bertz CT molecular complexity index is 454. The highest BCUT2D eigenvalue weighted by molar-refractivity contribution is 6.29. The van der Waals surface area contributed by atoms with E-state index in [1.807, 2.05) is 11.8 Å². The number of ether oxygens (including phenoxy) is 1. The van der Waals surface area contributed by atoms with E-state index in [0.29, 0.717) is 13.2 Å². The largest absolute Gasteiger partial charge is 0.377 e. The van der Waals surface area contributed by atoms with Gasteiger partial charge in [-0.3, -0.25) is 4.79 Å². The van der Waals surface area contributed by atoms with E-state index in [1.165, 1.54) is 11.1 Å². The standard InChI is InChI=1S/C18H28ClNO2/c1-5-11-22-14(4)13-20(17(21)12-19)18-15(6-2)9-8-10-16(18)7-3/h8-10,14H,5-7,11-13H2,1-4H3. The summed E-state index contributed by atoms with van der Waals surface area (Å²) in [5.74, 6) is -0.0777. The van der Waals surface area contributed by atoms with Crippen LogP contribution >= 0.6 is 11.6 Å². The Labute approximate surface area is 139 Å². The number of hydrogen-bond acceptors (Lipinski definition) is 2. The molecule has 124 valence electrons. The molecule has 0 aromatic heterocycles. The first-order chi connectivity index (χ1) is 10.6. The van der Waals surface area contributed by atoms with Gasteiger partial charge in [0, 0.05) is 6.61 Å². The van der Waals surface area contributed by atoms with Crippen molar-refractivity contribution in [2.75, 3.05) is 23.9 Å². The molecule has 1 rings (SSSR count). The van der Waals surface area contributed by atoms with E-state index in [4.69, 9.17) is 16.3 Å². The van der Waals surface area contributed by atoms with Crippen molar-refractivity contribution in [1.29, 1.82) is 0 Å². The van der Waals surface area contributed by atoms with Crippen molar-refractivity contribution in [3.63, 3.8) is 0 Å². The molecule has 3 nitrogen and oxygen atoms in total. The molecule has 0 N–H and O–H groups in total. The third-order valence-electron chi connectivity index (χ3n) is 3.70. The van der Waals surface area contributed by atoms with Gasteiger partial charge in [-0.15, -0.1) is 11.6 Å². The fourth-order valence-electron chi connectivity index (χ4n) is 2.58. The molecule has 0 aliphatic rings. The second-order valence-electron chi connectivity index (χ2n) is 5.45. The van der Waals surface area contributed by atoms with Crippen LogP contribution in [0.5, 0.6) is 0 Å². The molecule has 0 aliphatic carbocycles. The molecule has 0 saturated carbocycles. The van der Waals surface area contributed by atoms with Crippen LogP contribution in [0.4, 0.5) is 5.69 Å². The molecule has 0 saturated heterocycles. The normalized spacial score (nSPS) is 12.2. The third-order valence-corrected chi connectivity index (χ3v) is 3.93. The Morgan fingerprint density at radius 2 is 1.82 bits per heavy atom. The number of anilines is 1. The SMILES string of the molecule is CCCOC(C)CN(C(=O)CCl)c1c(CC)cccc1CC. The molecular formula is C18H28ClNO2. The summed E-state index contributed by atoms with van der Waals surface area (Å²) in [7, 11) is 0. The number of alkyl halides is 1. The Balaban J connectivity index is 3.14. The van der Waals surface area contributed by atoms with Crippen molar-refractivity contribution >= 4 is 23.2 Å². The van der Waals surface area contributed by atoms with Gasteiger partial charge in [-0.05, 0) is 37.3 Å². The summed E-state index contributed by atoms with van der Waals surface area (Å²) >= 11 is 5.84. The van der Waals surface area contributed by atoms with Crippen LogP contribution in [-0.4, -0.2) is 31.0 Å². The molecule has 0 aliphatic heterocycles. The molecule has 0 bridgehead atoms. The number of aryl methyl sites for hydroxylation is 2. The van der Waals surface area contributed by atoms with Gasteiger partial charge in [0.05, 0.1) is 18.3 Å². The van der Waals surface area contributed by atoms with Crippen molar-refractivity contribution in [2.24, 2.45) is 0 Å². The lowest BCUT2D eigenvalue weighted by atomic mass is 10.0. The van der Waals surface area contributed by atoms with Gasteiger partial charge < -0.3 is 9.64 Å². The second-order valence-corrected chi connectivity index (χ2v) is 5.72. The van der Waals surface area contributed by atoms with Gasteiger partial charge in [-0.25, -0.2) is 0 Å². The number of benzene rings is 1. The quantitative estimate of drug-likeness (QED) is 0.637. The van der Waals surface area contributed by atoms with E-state index in [0.717, 1.165) is 24.9 Å². The van der Waals surface area contributed by atoms with Gasteiger partial charge in [0.2, 0.25) is 5.91 Å². The van der Waals surface area contributed by atoms with Crippen molar-refractivity contribution in [3.05, 3.63) is 29.3 Å². The summed E-state index contributed by atoms with van der Waals surface area (Å²) in [4.78, 5) is 14.2. The lowest BCUT2D eigenvalue weighted by Crippen LogP contribution is -2.39. The minimum Gasteiger partial charge on any atom is -0.377 e. The van der Waals surface area contributed by atoms with E-state index in [2.05, 4.69) is 39.0 Å². The summed E-state index contributed by atoms with van der Waals surface area (Å²) in [5, 5.41) is 0. The minimum absolute atomic E-state index is 0.0122. The maximum absolute atomic E-state index is 12.4. The predicted octanol–water partition coefficient (Wildman–Crippen LogP) is 4.20. The average Bonchev–Trinajstić information content (AvgIpc) is 2.56. The zero-order valence-corrected chi connectivity index (χ0v) is 14.9. The first-order valence-electron chi connectivity index (χ1n) is 8.17. The summed E-state index contributed by atoms with van der Waals surface area (Å²) < 4.78 is 5.75. The highest BCUT2D eigenvalue weighted by Crippen LogP contribution is 2.28. The number of hydrogen-bond donors (Lipinski definition) is 0. The van der Waals surface area contributed by atoms with Crippen LogP contribution in [-0.2, 0) is 22.4 Å². The van der Waals surface area contributed by atoms with Gasteiger partial charge in [0.1, 0.15) is 5.88 Å². The fourth-order valence-corrected chi connectivity index (χ4v) is 2.72. The number of para-hydroxylation sites is 1. The predicted molar refractivity (Wildman–Crippen MR) is 94.0 cm³/mol. The molecule has 22 heavy (non-hydrogen) atoms. The van der Waals surface area contributed by atoms with E-state index in [9.17, 15) is 4.79 Å². The second kappa shape index (κ2) is 9.86.